The van der Waals surface area contributed by atoms with Gasteiger partial charge in [-0.3, -0.25) is 4.79 Å². The first kappa shape index (κ1) is 23.7. The lowest BCUT2D eigenvalue weighted by molar-refractivity contribution is -0.113. The molecule has 0 saturated carbocycles. The largest absolute Gasteiger partial charge is 0.497 e. The number of aromatic nitrogens is 3. The molecule has 3 aromatic carbocycles. The molecular weight excluding hydrogens is 470 g/mol. The standard InChI is InChI=1S/C28H27N5O2S/c1-18-8-7-9-20(16-18)17-36-28-31-27-29-19(2)24(26(34)30-22-10-5-4-6-11-22)25(33(27)32-28)21-12-14-23(35-3)15-13-21/h4-16,25H,17H2,1-3H3,(H,30,34)(H,29,31,32)/t25-/m0/s1. The van der Waals surface area contributed by atoms with Crippen molar-refractivity contribution in [2.24, 2.45) is 0 Å². The molecule has 2 heterocycles. The number of benzene rings is 3. The Morgan fingerprint density at radius 1 is 1.06 bits per heavy atom. The van der Waals surface area contributed by atoms with Crippen molar-refractivity contribution in [2.75, 3.05) is 17.7 Å². The van der Waals surface area contributed by atoms with Crippen molar-refractivity contribution in [3.8, 4) is 5.75 Å². The van der Waals surface area contributed by atoms with Gasteiger partial charge >= 0.3 is 0 Å². The summed E-state index contributed by atoms with van der Waals surface area (Å²) in [5.41, 5.74) is 5.40. The summed E-state index contributed by atoms with van der Waals surface area (Å²) in [6.07, 6.45) is 0. The second kappa shape index (κ2) is 10.3. The van der Waals surface area contributed by atoms with E-state index >= 15 is 0 Å². The van der Waals surface area contributed by atoms with E-state index in [9.17, 15) is 4.79 Å². The quantitative estimate of drug-likeness (QED) is 0.314. The summed E-state index contributed by atoms with van der Waals surface area (Å²) in [7, 11) is 1.63. The van der Waals surface area contributed by atoms with Gasteiger partial charge in [-0.05, 0) is 49.2 Å². The zero-order valence-corrected chi connectivity index (χ0v) is 21.2. The van der Waals surface area contributed by atoms with Gasteiger partial charge in [-0.15, -0.1) is 5.10 Å². The molecular formula is C28H27N5O2S. The summed E-state index contributed by atoms with van der Waals surface area (Å²) in [5.74, 6) is 1.92. The predicted molar refractivity (Wildman–Crippen MR) is 143 cm³/mol. The molecule has 1 aromatic heterocycles. The van der Waals surface area contributed by atoms with Crippen LogP contribution in [0.4, 0.5) is 11.6 Å². The number of hydrogen-bond donors (Lipinski definition) is 2. The van der Waals surface area contributed by atoms with Crippen LogP contribution < -0.4 is 15.4 Å². The summed E-state index contributed by atoms with van der Waals surface area (Å²) >= 11 is 1.57. The molecule has 0 fully saturated rings. The van der Waals surface area contributed by atoms with E-state index in [1.54, 1.807) is 23.6 Å². The normalized spacial score (nSPS) is 14.7. The maximum atomic E-state index is 13.5. The number of thioether (sulfide) groups is 1. The van der Waals surface area contributed by atoms with Gasteiger partial charge in [0.25, 0.3) is 5.91 Å². The minimum absolute atomic E-state index is 0.192. The van der Waals surface area contributed by atoms with Gasteiger partial charge in [0.05, 0.1) is 12.7 Å². The van der Waals surface area contributed by atoms with E-state index in [0.717, 1.165) is 28.5 Å². The molecule has 0 saturated heterocycles. The Bertz CT molecular complexity index is 1410. The lowest BCUT2D eigenvalue weighted by atomic mass is 9.95. The number of nitrogens with one attached hydrogen (secondary N) is 2. The van der Waals surface area contributed by atoms with E-state index in [-0.39, 0.29) is 5.91 Å². The predicted octanol–water partition coefficient (Wildman–Crippen LogP) is 5.82. The van der Waals surface area contributed by atoms with Crippen molar-refractivity contribution in [3.05, 3.63) is 107 Å². The van der Waals surface area contributed by atoms with Crippen molar-refractivity contribution in [1.29, 1.82) is 0 Å². The second-order valence-electron chi connectivity index (χ2n) is 8.60. The Hall–Kier alpha value is -4.04. The molecule has 0 aliphatic carbocycles. The van der Waals surface area contributed by atoms with E-state index in [1.807, 2.05) is 61.5 Å². The number of ether oxygens (including phenoxy) is 1. The lowest BCUT2D eigenvalue weighted by Gasteiger charge is -2.28. The minimum atomic E-state index is -0.448. The van der Waals surface area contributed by atoms with Crippen molar-refractivity contribution in [2.45, 2.75) is 30.8 Å². The van der Waals surface area contributed by atoms with Crippen LogP contribution in [0.3, 0.4) is 0 Å². The molecule has 7 nitrogen and oxygen atoms in total. The van der Waals surface area contributed by atoms with Crippen LogP contribution in [0.2, 0.25) is 0 Å². The molecule has 0 bridgehead atoms. The van der Waals surface area contributed by atoms with E-state index in [2.05, 4.69) is 41.8 Å². The van der Waals surface area contributed by atoms with Gasteiger partial charge in [-0.1, -0.05) is 71.9 Å². The average Bonchev–Trinajstić information content (AvgIpc) is 3.29. The molecule has 2 N–H and O–H groups in total. The number of aryl methyl sites for hydroxylation is 1. The average molecular weight is 498 g/mol. The molecule has 8 heteroatoms. The number of allylic oxidation sites excluding steroid dienone is 1. The summed E-state index contributed by atoms with van der Waals surface area (Å²) in [6.45, 7) is 3.98. The third kappa shape index (κ3) is 4.99. The van der Waals surface area contributed by atoms with Crippen LogP contribution in [-0.2, 0) is 10.5 Å². The molecule has 36 heavy (non-hydrogen) atoms. The minimum Gasteiger partial charge on any atom is -0.497 e. The van der Waals surface area contributed by atoms with Gasteiger partial charge in [0.1, 0.15) is 11.8 Å². The van der Waals surface area contributed by atoms with Crippen LogP contribution >= 0.6 is 11.8 Å². The third-order valence-corrected chi connectivity index (χ3v) is 6.90. The number of nitrogens with zero attached hydrogens (tertiary/aromatic N) is 3. The van der Waals surface area contributed by atoms with Crippen LogP contribution in [0.1, 0.15) is 29.7 Å². The third-order valence-electron chi connectivity index (χ3n) is 5.99. The van der Waals surface area contributed by atoms with Gasteiger partial charge < -0.3 is 15.4 Å². The highest BCUT2D eigenvalue weighted by Gasteiger charge is 2.34. The smallest absolute Gasteiger partial charge is 0.255 e. The Balaban J connectivity index is 1.49. The fourth-order valence-electron chi connectivity index (χ4n) is 4.25. The Kier molecular flexibility index (Phi) is 6.77. The molecule has 0 unspecified atom stereocenters. The zero-order chi connectivity index (χ0) is 25.1. The van der Waals surface area contributed by atoms with Crippen LogP contribution in [-0.4, -0.2) is 27.8 Å². The van der Waals surface area contributed by atoms with E-state index in [4.69, 9.17) is 14.8 Å². The fourth-order valence-corrected chi connectivity index (χ4v) is 5.02. The van der Waals surface area contributed by atoms with Gasteiger partial charge in [0, 0.05) is 17.1 Å². The molecule has 1 atom stereocenters. The van der Waals surface area contributed by atoms with Crippen molar-refractivity contribution >= 4 is 29.3 Å². The number of amides is 1. The number of fused-ring (bicyclic) bond motifs is 1. The van der Waals surface area contributed by atoms with Gasteiger partial charge in [0.2, 0.25) is 11.1 Å². The highest BCUT2D eigenvalue weighted by Crippen LogP contribution is 2.37. The Morgan fingerprint density at radius 2 is 1.83 bits per heavy atom. The van der Waals surface area contributed by atoms with Gasteiger partial charge in [-0.2, -0.15) is 4.98 Å². The number of rotatable bonds is 7. The summed E-state index contributed by atoms with van der Waals surface area (Å²) in [4.78, 5) is 18.3. The molecule has 1 amide bonds. The first-order valence-electron chi connectivity index (χ1n) is 11.6. The summed E-state index contributed by atoms with van der Waals surface area (Å²) in [5, 5.41) is 11.8. The highest BCUT2D eigenvalue weighted by atomic mass is 32.2. The van der Waals surface area contributed by atoms with Gasteiger partial charge in [0.15, 0.2) is 0 Å². The molecule has 0 spiro atoms. The van der Waals surface area contributed by atoms with Crippen LogP contribution in [0.15, 0.2) is 95.3 Å². The Labute approximate surface area is 214 Å². The number of hydrogen-bond acceptors (Lipinski definition) is 6. The van der Waals surface area contributed by atoms with E-state index in [1.165, 1.54) is 11.1 Å². The maximum absolute atomic E-state index is 13.5. The number of para-hydroxylation sites is 1. The number of carbonyl (C=O) groups excluding carboxylic acids is 1. The molecule has 182 valence electrons. The zero-order valence-electron chi connectivity index (χ0n) is 20.4. The monoisotopic (exact) mass is 497 g/mol. The molecule has 0 radical (unpaired) electrons. The first-order chi connectivity index (χ1) is 17.5. The molecule has 1 aliphatic rings. The molecule has 4 aromatic rings. The summed E-state index contributed by atoms with van der Waals surface area (Å²) < 4.78 is 7.14. The van der Waals surface area contributed by atoms with Gasteiger partial charge in [-0.25, -0.2) is 4.68 Å². The van der Waals surface area contributed by atoms with Crippen LogP contribution in [0.5, 0.6) is 5.75 Å². The fraction of sp³-hybridized carbons (Fsp3) is 0.179. The maximum Gasteiger partial charge on any atom is 0.255 e. The highest BCUT2D eigenvalue weighted by molar-refractivity contribution is 7.98. The number of methoxy groups -OCH3 is 1. The summed E-state index contributed by atoms with van der Waals surface area (Å²) in [6, 6.07) is 25.1. The Morgan fingerprint density at radius 3 is 2.56 bits per heavy atom. The molecule has 5 rings (SSSR count). The molecule has 1 aliphatic heterocycles. The second-order valence-corrected chi connectivity index (χ2v) is 9.54. The number of carbonyl (C=O) groups is 1. The van der Waals surface area contributed by atoms with E-state index < -0.39 is 6.04 Å². The topological polar surface area (TPSA) is 81.1 Å². The van der Waals surface area contributed by atoms with Crippen LogP contribution in [0.25, 0.3) is 0 Å². The first-order valence-corrected chi connectivity index (χ1v) is 12.6. The van der Waals surface area contributed by atoms with Crippen molar-refractivity contribution in [1.82, 2.24) is 14.8 Å². The number of anilines is 2. The SMILES string of the molecule is COc1ccc([C@H]2C(C(=O)Nc3ccccc3)=C(C)Nc3nc(SCc4cccc(C)c4)nn32)cc1. The van der Waals surface area contributed by atoms with E-state index in [0.29, 0.717) is 16.7 Å². The van der Waals surface area contributed by atoms with Crippen molar-refractivity contribution < 1.29 is 9.53 Å². The van der Waals surface area contributed by atoms with Crippen LogP contribution in [0, 0.1) is 6.92 Å². The van der Waals surface area contributed by atoms with Crippen molar-refractivity contribution in [3.63, 3.8) is 0 Å². The lowest BCUT2D eigenvalue weighted by Crippen LogP contribution is -2.31.